The van der Waals surface area contributed by atoms with E-state index in [1.54, 1.807) is 0 Å². The van der Waals surface area contributed by atoms with Crippen molar-refractivity contribution in [2.24, 2.45) is 29.6 Å². The number of rotatable bonds is 40. The lowest BCUT2D eigenvalue weighted by molar-refractivity contribution is -0.364. The topological polar surface area (TPSA) is 403 Å². The van der Waals surface area contributed by atoms with Crippen LogP contribution < -0.4 is 0 Å². The molecule has 25 atom stereocenters. The van der Waals surface area contributed by atoms with Crippen molar-refractivity contribution in [2.45, 2.75) is 279 Å². The van der Waals surface area contributed by atoms with Gasteiger partial charge in [-0.1, -0.05) is 92.9 Å². The summed E-state index contributed by atoms with van der Waals surface area (Å²) < 4.78 is 11.3. The number of hydrogen-bond acceptors (Lipinski definition) is 21. The van der Waals surface area contributed by atoms with Crippen molar-refractivity contribution >= 4 is 0 Å². The van der Waals surface area contributed by atoms with Crippen molar-refractivity contribution in [3.05, 3.63) is 0 Å². The Hall–Kier alpha value is -0.840. The third-order valence-electron chi connectivity index (χ3n) is 15.3. The van der Waals surface area contributed by atoms with Crippen LogP contribution in [-0.2, 0) is 9.47 Å². The van der Waals surface area contributed by atoms with Gasteiger partial charge in [0.05, 0.1) is 79.4 Å². The highest BCUT2D eigenvalue weighted by Crippen LogP contribution is 2.37. The molecule has 1 heterocycles. The fraction of sp³-hybridized carbons (Fsp3) is 1.00. The summed E-state index contributed by atoms with van der Waals surface area (Å²) in [6.45, 7) is 10.4. The number of unbranched alkanes of at least 4 members (excludes halogenated alkanes) is 7. The molecule has 1 aliphatic rings. The lowest BCUT2D eigenvalue weighted by atomic mass is 9.80. The van der Waals surface area contributed by atoms with Crippen LogP contribution in [0.15, 0.2) is 0 Å². The van der Waals surface area contributed by atoms with E-state index in [9.17, 15) is 97.0 Å². The maximum absolute atomic E-state index is 11.0. The molecule has 19 N–H and O–H groups in total. The van der Waals surface area contributed by atoms with Gasteiger partial charge in [-0.15, -0.1) is 0 Å². The normalized spacial score (nSPS) is 28.4. The van der Waals surface area contributed by atoms with Crippen LogP contribution in [0.1, 0.15) is 157 Å². The van der Waals surface area contributed by atoms with Gasteiger partial charge in [-0.05, 0) is 56.8 Å². The van der Waals surface area contributed by atoms with Crippen molar-refractivity contribution in [1.82, 2.24) is 0 Å². The van der Waals surface area contributed by atoms with Crippen LogP contribution in [-0.4, -0.2) is 233 Å². The molecule has 21 heteroatoms. The number of aliphatic hydroxyl groups is 19. The molecular formula is C51H102O21. The minimum absolute atomic E-state index is 0.00709. The predicted octanol–water partition coefficient (Wildman–Crippen LogP) is -1.56. The summed E-state index contributed by atoms with van der Waals surface area (Å²) >= 11 is 0. The number of aliphatic hydroxyl groups excluding tert-OH is 19. The average Bonchev–Trinajstić information content (AvgIpc) is 3.32. The second kappa shape index (κ2) is 34.8. The molecule has 0 spiro atoms. The molecule has 0 saturated carbocycles. The highest BCUT2D eigenvalue weighted by Gasteiger charge is 2.55. The quantitative estimate of drug-likeness (QED) is 0.0309. The number of hydrogen-bond donors (Lipinski definition) is 19. The summed E-state index contributed by atoms with van der Waals surface area (Å²) in [5.74, 6) is -4.71. The van der Waals surface area contributed by atoms with Gasteiger partial charge in [0.25, 0.3) is 0 Å². The molecule has 0 aromatic heterocycles. The third kappa shape index (κ3) is 23.0. The molecule has 0 aliphatic carbocycles. The summed E-state index contributed by atoms with van der Waals surface area (Å²) in [4.78, 5) is 0. The molecule has 0 aromatic rings. The zero-order chi connectivity index (χ0) is 55.2. The van der Waals surface area contributed by atoms with Crippen LogP contribution in [0.25, 0.3) is 0 Å². The molecule has 1 fully saturated rings. The monoisotopic (exact) mass is 1050 g/mol. The highest BCUT2D eigenvalue weighted by atomic mass is 16.7. The van der Waals surface area contributed by atoms with Crippen LogP contribution in [0, 0.1) is 29.6 Å². The van der Waals surface area contributed by atoms with E-state index in [1.165, 1.54) is 40.7 Å². The van der Waals surface area contributed by atoms with Gasteiger partial charge in [0.15, 0.2) is 5.79 Å². The third-order valence-corrected chi connectivity index (χ3v) is 15.3. The van der Waals surface area contributed by atoms with Crippen LogP contribution in [0.2, 0.25) is 0 Å². The molecule has 72 heavy (non-hydrogen) atoms. The van der Waals surface area contributed by atoms with Crippen LogP contribution >= 0.6 is 0 Å². The van der Waals surface area contributed by atoms with Crippen LogP contribution in [0.3, 0.4) is 0 Å². The van der Waals surface area contributed by atoms with E-state index < -0.39 is 159 Å². The minimum Gasteiger partial charge on any atom is -0.396 e. The molecule has 0 bridgehead atoms. The molecule has 1 rings (SSSR count). The zero-order valence-electron chi connectivity index (χ0n) is 44.1. The Morgan fingerprint density at radius 1 is 0.444 bits per heavy atom. The van der Waals surface area contributed by atoms with Gasteiger partial charge in [0.2, 0.25) is 0 Å². The Morgan fingerprint density at radius 3 is 1.40 bits per heavy atom. The number of methoxy groups -OCH3 is 1. The molecule has 0 amide bonds. The van der Waals surface area contributed by atoms with E-state index in [4.69, 9.17) is 9.47 Å². The molecule has 21 nitrogen and oxygen atoms in total. The summed E-state index contributed by atoms with van der Waals surface area (Å²) in [6, 6.07) is 0. The summed E-state index contributed by atoms with van der Waals surface area (Å²) in [7, 11) is 1.17. The van der Waals surface area contributed by atoms with E-state index in [2.05, 4.69) is 6.92 Å². The first kappa shape index (κ1) is 69.2. The van der Waals surface area contributed by atoms with Gasteiger partial charge >= 0.3 is 0 Å². The van der Waals surface area contributed by atoms with Crippen molar-refractivity contribution in [1.29, 1.82) is 0 Å². The highest BCUT2D eigenvalue weighted by molar-refractivity contribution is 5.00. The summed E-state index contributed by atoms with van der Waals surface area (Å²) in [5.41, 5.74) is 0. The zero-order valence-corrected chi connectivity index (χ0v) is 44.1. The smallest absolute Gasteiger partial charge is 0.199 e. The Labute approximate surface area is 427 Å². The molecule has 1 aliphatic heterocycles. The Kier molecular flexibility index (Phi) is 33.5. The van der Waals surface area contributed by atoms with Gasteiger partial charge in [-0.2, -0.15) is 0 Å². The number of ether oxygens (including phenoxy) is 2. The second-order valence-corrected chi connectivity index (χ2v) is 21.9. The SMILES string of the molecule is CCCCCCCCCC[C@@H](O)C[C@]1(OC)O[C@H](CC(O)C(O)C(O)C(O)C(O)CC(O)CC(O)CC(O)CC(O)C(C)C(O)C(C)C(O)CC(O)C(C)C(O)C(O)C[C@H](C)C[C@H](C)CO)[C@@H](O)[C@H](O)[C@@H]1O. The lowest BCUT2D eigenvalue weighted by Gasteiger charge is -2.49. The van der Waals surface area contributed by atoms with Crippen molar-refractivity contribution in [3.63, 3.8) is 0 Å². The van der Waals surface area contributed by atoms with Gasteiger partial charge in [-0.25, -0.2) is 0 Å². The fourth-order valence-electron chi connectivity index (χ4n) is 10.1. The van der Waals surface area contributed by atoms with E-state index in [0.29, 0.717) is 19.3 Å². The average molecular weight is 1050 g/mol. The molecule has 17 unspecified atom stereocenters. The first-order valence-electron chi connectivity index (χ1n) is 26.7. The molecular weight excluding hydrogens is 949 g/mol. The first-order chi connectivity index (χ1) is 33.6. The largest absolute Gasteiger partial charge is 0.396 e. The van der Waals surface area contributed by atoms with E-state index >= 15 is 0 Å². The van der Waals surface area contributed by atoms with E-state index in [-0.39, 0.29) is 50.5 Å². The van der Waals surface area contributed by atoms with E-state index in [1.807, 2.05) is 13.8 Å². The summed E-state index contributed by atoms with van der Waals surface area (Å²) in [5, 5.41) is 203. The van der Waals surface area contributed by atoms with Crippen LogP contribution in [0.4, 0.5) is 0 Å². The van der Waals surface area contributed by atoms with Crippen molar-refractivity contribution in [2.75, 3.05) is 13.7 Å². The Morgan fingerprint density at radius 2 is 0.889 bits per heavy atom. The van der Waals surface area contributed by atoms with Gasteiger partial charge in [-0.3, -0.25) is 0 Å². The maximum Gasteiger partial charge on any atom is 0.199 e. The lowest BCUT2D eigenvalue weighted by Crippen LogP contribution is -2.66. The van der Waals surface area contributed by atoms with Crippen molar-refractivity contribution in [3.8, 4) is 0 Å². The van der Waals surface area contributed by atoms with E-state index in [0.717, 1.165) is 32.1 Å². The van der Waals surface area contributed by atoms with Crippen LogP contribution in [0.5, 0.6) is 0 Å². The van der Waals surface area contributed by atoms with Gasteiger partial charge in [0, 0.05) is 50.7 Å². The molecule has 432 valence electrons. The second-order valence-electron chi connectivity index (χ2n) is 21.9. The molecule has 1 saturated heterocycles. The van der Waals surface area contributed by atoms with Crippen molar-refractivity contribution < 1.29 is 106 Å². The Bertz CT molecular complexity index is 1380. The first-order valence-corrected chi connectivity index (χ1v) is 26.7. The molecule has 0 aromatic carbocycles. The fourth-order valence-corrected chi connectivity index (χ4v) is 10.1. The molecule has 0 radical (unpaired) electrons. The maximum atomic E-state index is 11.0. The summed E-state index contributed by atoms with van der Waals surface area (Å²) in [6.07, 6.45) is -24.4. The standard InChI is InChI=1S/C51H102O21/c1-8-9-10-11-12-13-14-15-16-32(53)25-51(71-7)50(70)49(69)47(67)42(72-51)24-41(62)46(66)48(68)45(65)40(61)22-35(56)20-33(54)19-34(55)21-36(57)29(4)43(63)30(5)37(58)23-38(59)31(6)44(64)39(60)18-27(2)17-28(3)26-52/h27-50,52-70H,8-26H2,1-7H3/t27-,28+,29?,30?,31?,32-,33?,34?,35?,36?,37?,38?,39?,40?,41?,42-,43?,44?,45?,46?,47-,48?,49+,50+,51+/m1/s1. The minimum atomic E-state index is -2.25. The Balaban J connectivity index is 2.69. The van der Waals surface area contributed by atoms with Gasteiger partial charge < -0.3 is 106 Å². The van der Waals surface area contributed by atoms with Gasteiger partial charge in [0.1, 0.15) is 36.6 Å². The predicted molar refractivity (Wildman–Crippen MR) is 264 cm³/mol.